The Hall–Kier alpha value is 0.115. The molecule has 0 aliphatic heterocycles. The van der Waals surface area contributed by atoms with Crippen LogP contribution in [0.2, 0.25) is 0 Å². The number of aliphatic hydroxyl groups is 1. The van der Waals surface area contributed by atoms with E-state index in [0.717, 1.165) is 73.1 Å². The molecule has 1 saturated carbocycles. The molecule has 1 fully saturated rings. The summed E-state index contributed by atoms with van der Waals surface area (Å²) in [6, 6.07) is 0.875. The Morgan fingerprint density at radius 2 is 0.831 bits per heavy atom. The zero-order chi connectivity index (χ0) is 58.7. The van der Waals surface area contributed by atoms with Crippen LogP contribution in [-0.2, 0) is 151 Å². The number of carbonyl (C=O) groups excluding carboxylic acids is 2. The number of rotatable bonds is 11. The molecule has 0 aromatic carbocycles. The van der Waals surface area contributed by atoms with E-state index in [0.29, 0.717) is 66.2 Å². The van der Waals surface area contributed by atoms with Gasteiger partial charge in [-0.1, -0.05) is 95.2 Å². The smallest absolute Gasteiger partial charge is 0 e. The molecule has 26 nitrogen and oxygen atoms in total. The molecule has 472 valence electrons. The first-order valence-electron chi connectivity index (χ1n) is 20.9. The second kappa shape index (κ2) is 72.2. The van der Waals surface area contributed by atoms with E-state index in [1.807, 2.05) is 0 Å². The minimum Gasteiger partial charge on any atom is 0 e. The van der Waals surface area contributed by atoms with Crippen LogP contribution in [0, 0.1) is 44.4 Å². The van der Waals surface area contributed by atoms with Gasteiger partial charge in [0.05, 0.1) is 0 Å². The summed E-state index contributed by atoms with van der Waals surface area (Å²) in [5.41, 5.74) is 18.8. The van der Waals surface area contributed by atoms with Crippen LogP contribution < -0.4 is 22.7 Å². The van der Waals surface area contributed by atoms with Crippen LogP contribution in [0.4, 0.5) is 0 Å². The number of hydroxylamine groups is 1. The van der Waals surface area contributed by atoms with E-state index < -0.39 is 53.7 Å². The summed E-state index contributed by atoms with van der Waals surface area (Å²) in [5, 5.41) is 83.7. The number of Topliss-reactive ketones (excluding diaryl/α,β-unsaturated/α-hetero) is 1. The minimum atomic E-state index is -1.82. The Morgan fingerprint density at radius 3 is 1.04 bits per heavy atom. The van der Waals surface area contributed by atoms with Crippen molar-refractivity contribution < 1.29 is 207 Å². The van der Waals surface area contributed by atoms with E-state index in [1.54, 1.807) is 5.48 Å². The van der Waals surface area contributed by atoms with Gasteiger partial charge in [-0.15, -0.1) is 0 Å². The summed E-state index contributed by atoms with van der Waals surface area (Å²) >= 11 is 9.63. The molecule has 35 heteroatoms. The molecule has 0 saturated heterocycles. The summed E-state index contributed by atoms with van der Waals surface area (Å²) in [5.74, 6) is -13.7. The third-order valence-electron chi connectivity index (χ3n) is 8.55. The number of carboxylic acids is 9. The average molecular weight is 2290 g/mol. The maximum atomic E-state index is 10.9. The molecule has 0 bridgehead atoms. The predicted octanol–water partition coefficient (Wildman–Crippen LogP) is 3.90. The number of nitrogens with one attached hydrogen (secondary N) is 1. The Balaban J connectivity index is -0.0000000711. The van der Waals surface area contributed by atoms with Crippen LogP contribution in [0.5, 0.6) is 0 Å². The number of aliphatic carboxylic acids is 9. The molecule has 7 atom stereocenters. The Morgan fingerprint density at radius 1 is 0.519 bits per heavy atom. The van der Waals surface area contributed by atoms with Crippen molar-refractivity contribution in [2.45, 2.75) is 108 Å². The van der Waals surface area contributed by atoms with Crippen molar-refractivity contribution in [3.05, 3.63) is 45.1 Å². The first-order valence-corrected chi connectivity index (χ1v) is 36.9. The first-order chi connectivity index (χ1) is 33.8. The molecule has 0 aromatic rings. The Labute approximate surface area is 564 Å². The molecular formula is C42H69Ag2I4N4O22Pt3-3. The molecule has 77 heavy (non-hydrogen) atoms. The van der Waals surface area contributed by atoms with Crippen LogP contribution in [0.3, 0.4) is 0 Å². The number of ketones is 1. The molecule has 18 N–H and O–H groups in total. The number of aliphatic hydroxyl groups excluding tert-OH is 1. The summed E-state index contributed by atoms with van der Waals surface area (Å²) < 4.78 is 1.88. The zero-order valence-electron chi connectivity index (χ0n) is 40.7. The van der Waals surface area contributed by atoms with Gasteiger partial charge >= 0.3 is 104 Å². The number of carboxylic acid groups (broad SMARTS) is 9. The molecule has 0 heterocycles. The third kappa shape index (κ3) is 87.5. The quantitative estimate of drug-likeness (QED) is 0.0204. The van der Waals surface area contributed by atoms with E-state index >= 15 is 0 Å². The van der Waals surface area contributed by atoms with Crippen molar-refractivity contribution in [2.24, 2.45) is 40.9 Å². The predicted molar refractivity (Wildman–Crippen MR) is 293 cm³/mol. The summed E-state index contributed by atoms with van der Waals surface area (Å²) in [6.07, 6.45) is 20.8. The maximum absolute atomic E-state index is 10.9. The Bertz CT molecular complexity index is 1480. The fraction of sp³-hybridized carbons (Fsp3) is 0.571. The molecule has 1 amide bonds. The van der Waals surface area contributed by atoms with Crippen molar-refractivity contribution >= 4 is 149 Å². The van der Waals surface area contributed by atoms with Gasteiger partial charge in [0.2, 0.25) is 5.91 Å². The summed E-state index contributed by atoms with van der Waals surface area (Å²) in [6.45, 7) is 11.5. The number of amides is 1. The van der Waals surface area contributed by atoms with Gasteiger partial charge < -0.3 is 89.0 Å². The van der Waals surface area contributed by atoms with Crippen molar-refractivity contribution in [1.29, 1.82) is 0 Å². The number of alkyl halides is 2. The molecular weight excluding hydrogens is 2220 g/mol. The number of hydrogen-bond acceptors (Lipinski definition) is 16. The SMILES string of the molecule is O=C(CCCI)NO.O=C(O)C(=O)O.O=C(O)C(=O)O.O=C(O)C(=O)O.O=C(O)C(=O)O.O=C(O)CCCI.[Ag].[Ag].[CH2-][C@@H]1CC(CCCC(=O)CO)CC[C@H]1N.[CH2-][C@@H]1CC=CC[C@H]1N.[CH2-][C@@H]1CC=CC[C@H]1N.[I][Pt][I].[Pt].[Pt]. The van der Waals surface area contributed by atoms with Gasteiger partial charge in [-0.3, -0.25) is 19.6 Å². The minimum absolute atomic E-state index is 0. The van der Waals surface area contributed by atoms with Gasteiger partial charge in [0.1, 0.15) is 6.61 Å². The van der Waals surface area contributed by atoms with Crippen LogP contribution in [-0.4, -0.2) is 155 Å². The van der Waals surface area contributed by atoms with E-state index in [4.69, 9.17) is 112 Å². The summed E-state index contributed by atoms with van der Waals surface area (Å²) in [7, 11) is 0. The maximum Gasteiger partial charge on any atom is 0 e. The van der Waals surface area contributed by atoms with Crippen LogP contribution in [0.1, 0.15) is 89.9 Å². The van der Waals surface area contributed by atoms with E-state index in [1.165, 1.54) is 6.42 Å². The second-order valence-corrected chi connectivity index (χ2v) is 33.2. The van der Waals surface area contributed by atoms with Crippen LogP contribution in [0.25, 0.3) is 0 Å². The van der Waals surface area contributed by atoms with Gasteiger partial charge in [0.25, 0.3) is 0 Å². The number of hydrogen-bond donors (Lipinski definition) is 15. The van der Waals surface area contributed by atoms with E-state index in [2.05, 4.69) is 129 Å². The second-order valence-electron chi connectivity index (χ2n) is 14.4. The third-order valence-corrected chi connectivity index (χ3v) is 10.1. The summed E-state index contributed by atoms with van der Waals surface area (Å²) in [4.78, 5) is 104. The molecule has 1 unspecified atom stereocenters. The molecule has 0 aromatic heterocycles. The normalized spacial score (nSPS) is 18.3. The Kier molecular flexibility index (Phi) is 95.9. The van der Waals surface area contributed by atoms with Crippen molar-refractivity contribution in [3.8, 4) is 0 Å². The van der Waals surface area contributed by atoms with Gasteiger partial charge in [0.15, 0.2) is 5.78 Å². The van der Waals surface area contributed by atoms with Gasteiger partial charge in [-0.05, 0) is 69.0 Å². The van der Waals surface area contributed by atoms with E-state index in [9.17, 15) is 14.4 Å². The van der Waals surface area contributed by atoms with Gasteiger partial charge in [0, 0.05) is 115 Å². The molecule has 3 aliphatic rings. The monoisotopic (exact) mass is 2290 g/mol. The number of halogens is 4. The molecule has 2 radical (unpaired) electrons. The van der Waals surface area contributed by atoms with Crippen molar-refractivity contribution in [3.63, 3.8) is 0 Å². The van der Waals surface area contributed by atoms with Gasteiger partial charge in [-0.25, -0.2) is 43.8 Å². The molecule has 0 spiro atoms. The van der Waals surface area contributed by atoms with Crippen LogP contribution >= 0.6 is 83.9 Å². The van der Waals surface area contributed by atoms with Gasteiger partial charge in [-0.2, -0.15) is 17.8 Å². The van der Waals surface area contributed by atoms with Crippen LogP contribution in [0.15, 0.2) is 24.3 Å². The molecule has 3 aliphatic carbocycles. The van der Waals surface area contributed by atoms with E-state index in [-0.39, 0.29) is 111 Å². The average Bonchev–Trinajstić information content (AvgIpc) is 3.32. The fourth-order valence-electron chi connectivity index (χ4n) is 4.60. The number of allylic oxidation sites excluding steroid dienone is 2. The number of carbonyl (C=O) groups is 11. The fourth-order valence-corrected chi connectivity index (χ4v) is 5.36. The number of nitrogens with two attached hydrogens (primary N) is 3. The zero-order valence-corrected chi connectivity index (χ0v) is 59.1. The first kappa shape index (κ1) is 102. The van der Waals surface area contributed by atoms with Crippen molar-refractivity contribution in [2.75, 3.05) is 15.5 Å². The standard InChI is InChI=1S/C12H22NO2.2C7H12N.C4H8INO2.C4H7IO2.4C2H2O4.2Ag.2HI.3Pt/c1-9-7-10(5-6-12(9)13)3-2-4-11(15)8-14;2*1-6-4-2-3-5-7(6)8;5-3-1-2-4(7)6-8;5-3-1-2-4(6)7;4*3-1(4)2(5)6;;;;;;;/h9-10,12,14H,1-8,13H2;2*2-3,6-7H,1,4-5,8H2;8H,1-3H2,(H,6,7);1-3H2,(H,6,7);4*(H,3,4)(H,5,6);;;2*1H;;;/q3*-1;;;;;;;;;;;;;+2/p-2/t9-,10?,12-;2*6-,7-;;;;;;;;;;;;;/m111............./s1. The van der Waals surface area contributed by atoms with Crippen molar-refractivity contribution in [1.82, 2.24) is 5.48 Å². The topological polar surface area (TPSA) is 500 Å². The molecule has 3 rings (SSSR count). The largest absolute Gasteiger partial charge is 0 e.